The Morgan fingerprint density at radius 1 is 1.15 bits per heavy atom. The van der Waals surface area contributed by atoms with Crippen LogP contribution in [-0.2, 0) is 12.8 Å². The molecule has 1 heteroatoms. The van der Waals surface area contributed by atoms with Crippen LogP contribution in [-0.4, -0.2) is 5.11 Å². The molecule has 72 valence electrons. The van der Waals surface area contributed by atoms with Gasteiger partial charge < -0.3 is 5.11 Å². The van der Waals surface area contributed by atoms with Gasteiger partial charge in [-0.3, -0.25) is 0 Å². The Morgan fingerprint density at radius 2 is 1.77 bits per heavy atom. The van der Waals surface area contributed by atoms with Crippen molar-refractivity contribution in [2.45, 2.75) is 40.0 Å². The molecule has 0 atom stereocenters. The highest BCUT2D eigenvalue weighted by Crippen LogP contribution is 2.25. The van der Waals surface area contributed by atoms with Gasteiger partial charge in [0, 0.05) is 0 Å². The molecule has 0 spiro atoms. The molecular weight excluding hydrogens is 160 g/mol. The lowest BCUT2D eigenvalue weighted by Crippen LogP contribution is -1.91. The number of hydrogen-bond donors (Lipinski definition) is 1. The van der Waals surface area contributed by atoms with E-state index >= 15 is 0 Å². The molecule has 1 nitrogen and oxygen atoms in total. The highest BCUT2D eigenvalue weighted by molar-refractivity contribution is 5.43. The van der Waals surface area contributed by atoms with E-state index in [-0.39, 0.29) is 0 Å². The maximum atomic E-state index is 9.84. The number of hydrogen-bond acceptors (Lipinski definition) is 1. The molecule has 0 bridgehead atoms. The second-order valence-electron chi connectivity index (χ2n) is 3.54. The lowest BCUT2D eigenvalue weighted by molar-refractivity contribution is 0.461. The Hall–Kier alpha value is -0.980. The smallest absolute Gasteiger partial charge is 0.121 e. The van der Waals surface area contributed by atoms with E-state index in [0.717, 1.165) is 30.4 Å². The molecule has 0 saturated carbocycles. The first-order valence-corrected chi connectivity index (χ1v) is 5.00. The van der Waals surface area contributed by atoms with Gasteiger partial charge in [0.25, 0.3) is 0 Å². The topological polar surface area (TPSA) is 20.2 Å². The summed E-state index contributed by atoms with van der Waals surface area (Å²) in [6.07, 6.45) is 2.96. The summed E-state index contributed by atoms with van der Waals surface area (Å²) in [6.45, 7) is 6.29. The molecule has 1 rings (SSSR count). The van der Waals surface area contributed by atoms with E-state index in [2.05, 4.69) is 32.9 Å². The zero-order valence-electron chi connectivity index (χ0n) is 8.72. The predicted molar refractivity (Wildman–Crippen MR) is 56.2 cm³/mol. The van der Waals surface area contributed by atoms with Gasteiger partial charge in [0.15, 0.2) is 0 Å². The molecule has 0 aromatic heterocycles. The van der Waals surface area contributed by atoms with Gasteiger partial charge in [-0.2, -0.15) is 0 Å². The summed E-state index contributed by atoms with van der Waals surface area (Å²) in [5, 5.41) is 9.84. The van der Waals surface area contributed by atoms with Crippen molar-refractivity contribution >= 4 is 0 Å². The molecule has 1 aromatic rings. The average Bonchev–Trinajstić information content (AvgIpc) is 2.11. The van der Waals surface area contributed by atoms with Gasteiger partial charge >= 0.3 is 0 Å². The van der Waals surface area contributed by atoms with Crippen molar-refractivity contribution < 1.29 is 5.11 Å². The Morgan fingerprint density at radius 3 is 2.31 bits per heavy atom. The van der Waals surface area contributed by atoms with Crippen LogP contribution in [0.5, 0.6) is 5.75 Å². The second-order valence-corrected chi connectivity index (χ2v) is 3.54. The van der Waals surface area contributed by atoms with Crippen LogP contribution < -0.4 is 0 Å². The molecule has 0 amide bonds. The third-order valence-electron chi connectivity index (χ3n) is 2.31. The zero-order chi connectivity index (χ0) is 9.84. The zero-order valence-corrected chi connectivity index (χ0v) is 8.72. The SMILES string of the molecule is CCCc1cc(C)cc(CC)c1O. The quantitative estimate of drug-likeness (QED) is 0.753. The first-order chi connectivity index (χ1) is 6.19. The molecule has 0 fully saturated rings. The first kappa shape index (κ1) is 10.1. The van der Waals surface area contributed by atoms with Crippen LogP contribution >= 0.6 is 0 Å². The van der Waals surface area contributed by atoms with E-state index in [1.165, 1.54) is 5.56 Å². The van der Waals surface area contributed by atoms with Gasteiger partial charge in [0.1, 0.15) is 5.75 Å². The first-order valence-electron chi connectivity index (χ1n) is 5.00. The molecule has 0 radical (unpaired) electrons. The number of phenols is 1. The van der Waals surface area contributed by atoms with Crippen molar-refractivity contribution in [3.63, 3.8) is 0 Å². The van der Waals surface area contributed by atoms with Gasteiger partial charge in [-0.15, -0.1) is 0 Å². The molecule has 0 aliphatic rings. The minimum Gasteiger partial charge on any atom is -0.507 e. The molecule has 0 saturated heterocycles. The molecular formula is C12H18O. The number of benzene rings is 1. The molecule has 0 unspecified atom stereocenters. The minimum absolute atomic E-state index is 0.509. The number of phenolic OH excluding ortho intramolecular Hbond substituents is 1. The Kier molecular flexibility index (Phi) is 3.35. The van der Waals surface area contributed by atoms with Crippen LogP contribution in [0.15, 0.2) is 12.1 Å². The van der Waals surface area contributed by atoms with Crippen LogP contribution in [0.1, 0.15) is 37.0 Å². The predicted octanol–water partition coefficient (Wildman–Crippen LogP) is 3.22. The van der Waals surface area contributed by atoms with E-state index in [1.807, 2.05) is 0 Å². The molecule has 1 aromatic carbocycles. The summed E-state index contributed by atoms with van der Waals surface area (Å²) in [7, 11) is 0. The fourth-order valence-electron chi connectivity index (χ4n) is 1.66. The standard InChI is InChI=1S/C12H18O/c1-4-6-11-8-9(3)7-10(5-2)12(11)13/h7-8,13H,4-6H2,1-3H3. The summed E-state index contributed by atoms with van der Waals surface area (Å²) < 4.78 is 0. The maximum Gasteiger partial charge on any atom is 0.121 e. The number of aryl methyl sites for hydroxylation is 3. The van der Waals surface area contributed by atoms with E-state index in [4.69, 9.17) is 0 Å². The highest BCUT2D eigenvalue weighted by atomic mass is 16.3. The normalized spacial score (nSPS) is 10.4. The summed E-state index contributed by atoms with van der Waals surface area (Å²) in [5.41, 5.74) is 3.42. The fourth-order valence-corrected chi connectivity index (χ4v) is 1.66. The molecule has 1 N–H and O–H groups in total. The summed E-state index contributed by atoms with van der Waals surface area (Å²) in [5.74, 6) is 0.509. The molecule has 0 aliphatic heterocycles. The minimum atomic E-state index is 0.509. The van der Waals surface area contributed by atoms with Crippen molar-refractivity contribution in [2.24, 2.45) is 0 Å². The highest BCUT2D eigenvalue weighted by Gasteiger charge is 2.05. The average molecular weight is 178 g/mol. The Bertz CT molecular complexity index is 289. The lowest BCUT2D eigenvalue weighted by atomic mass is 10.0. The summed E-state index contributed by atoms with van der Waals surface area (Å²) in [6, 6.07) is 4.15. The van der Waals surface area contributed by atoms with E-state index in [9.17, 15) is 5.11 Å². The van der Waals surface area contributed by atoms with E-state index < -0.39 is 0 Å². The third kappa shape index (κ3) is 2.24. The maximum absolute atomic E-state index is 9.84. The number of aromatic hydroxyl groups is 1. The Balaban J connectivity index is 3.11. The van der Waals surface area contributed by atoms with Crippen molar-refractivity contribution in [2.75, 3.05) is 0 Å². The Labute approximate surface area is 80.4 Å². The van der Waals surface area contributed by atoms with Gasteiger partial charge in [-0.05, 0) is 30.9 Å². The van der Waals surface area contributed by atoms with Crippen LogP contribution in [0.3, 0.4) is 0 Å². The van der Waals surface area contributed by atoms with E-state index in [0.29, 0.717) is 5.75 Å². The largest absolute Gasteiger partial charge is 0.507 e. The van der Waals surface area contributed by atoms with Crippen LogP contribution in [0.2, 0.25) is 0 Å². The van der Waals surface area contributed by atoms with Gasteiger partial charge in [-0.1, -0.05) is 38.0 Å². The third-order valence-corrected chi connectivity index (χ3v) is 2.31. The number of rotatable bonds is 3. The van der Waals surface area contributed by atoms with Crippen molar-refractivity contribution in [3.05, 3.63) is 28.8 Å². The fraction of sp³-hybridized carbons (Fsp3) is 0.500. The summed E-state index contributed by atoms with van der Waals surface area (Å²) >= 11 is 0. The van der Waals surface area contributed by atoms with Crippen molar-refractivity contribution in [1.29, 1.82) is 0 Å². The second kappa shape index (κ2) is 4.31. The molecule has 13 heavy (non-hydrogen) atoms. The van der Waals surface area contributed by atoms with Crippen LogP contribution in [0, 0.1) is 6.92 Å². The monoisotopic (exact) mass is 178 g/mol. The van der Waals surface area contributed by atoms with Crippen molar-refractivity contribution in [3.8, 4) is 5.75 Å². The van der Waals surface area contributed by atoms with Gasteiger partial charge in [0.2, 0.25) is 0 Å². The van der Waals surface area contributed by atoms with Crippen LogP contribution in [0.25, 0.3) is 0 Å². The molecule has 0 heterocycles. The van der Waals surface area contributed by atoms with Crippen LogP contribution in [0.4, 0.5) is 0 Å². The van der Waals surface area contributed by atoms with Crippen molar-refractivity contribution in [1.82, 2.24) is 0 Å². The summed E-state index contributed by atoms with van der Waals surface area (Å²) in [4.78, 5) is 0. The molecule has 0 aliphatic carbocycles. The van der Waals surface area contributed by atoms with Gasteiger partial charge in [0.05, 0.1) is 0 Å². The van der Waals surface area contributed by atoms with Gasteiger partial charge in [-0.25, -0.2) is 0 Å². The lowest BCUT2D eigenvalue weighted by Gasteiger charge is -2.09. The van der Waals surface area contributed by atoms with E-state index in [1.54, 1.807) is 0 Å².